The molecule has 2 N–H and O–H groups in total. The fraction of sp³-hybridized carbons (Fsp3) is 0.647. The molecule has 0 unspecified atom stereocenters. The van der Waals surface area contributed by atoms with Crippen LogP contribution in [0.2, 0.25) is 0 Å². The van der Waals surface area contributed by atoms with Gasteiger partial charge in [0.15, 0.2) is 0 Å². The highest BCUT2D eigenvalue weighted by atomic mass is 32.2. The van der Waals surface area contributed by atoms with Gasteiger partial charge in [0.25, 0.3) is 0 Å². The van der Waals surface area contributed by atoms with E-state index in [9.17, 15) is 8.42 Å². The number of hydrogen-bond acceptors (Lipinski definition) is 3. The van der Waals surface area contributed by atoms with Gasteiger partial charge < -0.3 is 5.73 Å². The van der Waals surface area contributed by atoms with Gasteiger partial charge in [-0.15, -0.1) is 0 Å². The predicted molar refractivity (Wildman–Crippen MR) is 86.0 cm³/mol. The van der Waals surface area contributed by atoms with Crippen LogP contribution in [0.25, 0.3) is 0 Å². The minimum atomic E-state index is -2.93. The van der Waals surface area contributed by atoms with Crippen molar-refractivity contribution in [2.24, 2.45) is 5.73 Å². The van der Waals surface area contributed by atoms with Crippen LogP contribution in [0.15, 0.2) is 24.3 Å². The largest absolute Gasteiger partial charge is 0.321 e. The number of rotatable bonds is 4. The quantitative estimate of drug-likeness (QED) is 0.930. The van der Waals surface area contributed by atoms with Crippen LogP contribution in [0.4, 0.5) is 0 Å². The zero-order valence-corrected chi connectivity index (χ0v) is 13.6. The number of hydrogen-bond donors (Lipinski definition) is 1. The molecule has 0 radical (unpaired) electrons. The Morgan fingerprint density at radius 1 is 0.952 bits per heavy atom. The standard InChI is InChI=1S/C17H25NO2S/c1-21(19,20)13-16(11-12-16)14-5-7-15(8-6-14)17(18)9-3-2-4-10-17/h5-8H,2-4,9-13,18H2,1H3. The molecule has 4 heteroatoms. The Morgan fingerprint density at radius 2 is 1.48 bits per heavy atom. The molecular weight excluding hydrogens is 282 g/mol. The van der Waals surface area contributed by atoms with Crippen LogP contribution in [0.5, 0.6) is 0 Å². The second-order valence-electron chi connectivity index (χ2n) is 7.14. The van der Waals surface area contributed by atoms with Crippen LogP contribution in [0.1, 0.15) is 56.1 Å². The Hall–Kier alpha value is -0.870. The Kier molecular flexibility index (Phi) is 3.65. The van der Waals surface area contributed by atoms with E-state index in [2.05, 4.69) is 24.3 Å². The van der Waals surface area contributed by atoms with Crippen LogP contribution in [-0.2, 0) is 20.8 Å². The van der Waals surface area contributed by atoms with E-state index in [4.69, 9.17) is 5.73 Å². The molecule has 1 aromatic rings. The first-order chi connectivity index (χ1) is 9.83. The molecule has 3 nitrogen and oxygen atoms in total. The summed E-state index contributed by atoms with van der Waals surface area (Å²) in [4.78, 5) is 0. The van der Waals surface area contributed by atoms with Gasteiger partial charge >= 0.3 is 0 Å². The van der Waals surface area contributed by atoms with E-state index in [1.54, 1.807) is 0 Å². The van der Waals surface area contributed by atoms with Crippen LogP contribution in [0.3, 0.4) is 0 Å². The zero-order valence-electron chi connectivity index (χ0n) is 12.8. The van der Waals surface area contributed by atoms with Crippen LogP contribution in [-0.4, -0.2) is 20.4 Å². The van der Waals surface area contributed by atoms with Crippen molar-refractivity contribution in [1.29, 1.82) is 0 Å². The van der Waals surface area contributed by atoms with Crippen molar-refractivity contribution in [3.63, 3.8) is 0 Å². The minimum absolute atomic E-state index is 0.125. The molecule has 0 aliphatic heterocycles. The summed E-state index contributed by atoms with van der Waals surface area (Å²) in [6, 6.07) is 8.47. The third-order valence-corrected chi connectivity index (χ3v) is 6.29. The molecule has 2 fully saturated rings. The smallest absolute Gasteiger partial charge is 0.148 e. The molecule has 0 amide bonds. The van der Waals surface area contributed by atoms with Crippen LogP contribution in [0, 0.1) is 0 Å². The first kappa shape index (κ1) is 15.0. The number of benzene rings is 1. The molecule has 0 bridgehead atoms. The van der Waals surface area contributed by atoms with Crippen molar-refractivity contribution in [3.05, 3.63) is 35.4 Å². The highest BCUT2D eigenvalue weighted by molar-refractivity contribution is 7.90. The lowest BCUT2D eigenvalue weighted by atomic mass is 9.77. The Bertz CT molecular complexity index is 609. The summed E-state index contributed by atoms with van der Waals surface area (Å²) in [6.45, 7) is 0. The lowest BCUT2D eigenvalue weighted by Gasteiger charge is -2.34. The van der Waals surface area contributed by atoms with Crippen LogP contribution >= 0.6 is 0 Å². The average molecular weight is 307 g/mol. The SMILES string of the molecule is CS(=O)(=O)CC1(c2ccc(C3(N)CCCCC3)cc2)CC1. The second-order valence-corrected chi connectivity index (χ2v) is 9.28. The fourth-order valence-electron chi connectivity index (χ4n) is 3.80. The Morgan fingerprint density at radius 3 is 1.95 bits per heavy atom. The molecule has 3 rings (SSSR count). The summed E-state index contributed by atoms with van der Waals surface area (Å²) in [5, 5.41) is 0. The van der Waals surface area contributed by atoms with E-state index >= 15 is 0 Å². The van der Waals surface area contributed by atoms with Gasteiger partial charge in [-0.05, 0) is 36.8 Å². The highest BCUT2D eigenvalue weighted by Crippen LogP contribution is 2.49. The molecule has 2 aliphatic carbocycles. The molecule has 21 heavy (non-hydrogen) atoms. The van der Waals surface area contributed by atoms with E-state index in [1.165, 1.54) is 31.1 Å². The van der Waals surface area contributed by atoms with Crippen molar-refractivity contribution in [1.82, 2.24) is 0 Å². The van der Waals surface area contributed by atoms with Crippen molar-refractivity contribution < 1.29 is 8.42 Å². The first-order valence-electron chi connectivity index (χ1n) is 7.91. The summed E-state index contributed by atoms with van der Waals surface area (Å²) in [6.07, 6.45) is 9.10. The minimum Gasteiger partial charge on any atom is -0.321 e. The molecule has 1 aromatic carbocycles. The topological polar surface area (TPSA) is 60.2 Å². The van der Waals surface area contributed by atoms with Gasteiger partial charge in [0.05, 0.1) is 5.75 Å². The Balaban J connectivity index is 1.81. The van der Waals surface area contributed by atoms with E-state index in [0.29, 0.717) is 0 Å². The van der Waals surface area contributed by atoms with E-state index in [0.717, 1.165) is 31.2 Å². The molecule has 2 saturated carbocycles. The summed E-state index contributed by atoms with van der Waals surface area (Å²) in [5.41, 5.74) is 8.63. The van der Waals surface area contributed by atoms with Crippen molar-refractivity contribution in [3.8, 4) is 0 Å². The maximum absolute atomic E-state index is 11.6. The molecule has 0 spiro atoms. The molecule has 0 aromatic heterocycles. The average Bonchev–Trinajstić information content (AvgIpc) is 3.18. The predicted octanol–water partition coefficient (Wildman–Crippen LogP) is 2.88. The third kappa shape index (κ3) is 3.16. The van der Waals surface area contributed by atoms with Crippen molar-refractivity contribution in [2.45, 2.75) is 55.9 Å². The van der Waals surface area contributed by atoms with E-state index in [-0.39, 0.29) is 16.7 Å². The molecule has 0 heterocycles. The summed E-state index contributed by atoms with van der Waals surface area (Å²) in [5.74, 6) is 0.271. The number of nitrogens with two attached hydrogens (primary N) is 1. The summed E-state index contributed by atoms with van der Waals surface area (Å²) < 4.78 is 23.2. The van der Waals surface area contributed by atoms with Gasteiger partial charge in [0.1, 0.15) is 9.84 Å². The van der Waals surface area contributed by atoms with Gasteiger partial charge in [0, 0.05) is 17.2 Å². The van der Waals surface area contributed by atoms with Gasteiger partial charge in [0.2, 0.25) is 0 Å². The molecule has 0 atom stereocenters. The maximum atomic E-state index is 11.6. The highest BCUT2D eigenvalue weighted by Gasteiger charge is 2.46. The molecule has 116 valence electrons. The normalized spacial score (nSPS) is 23.7. The van der Waals surface area contributed by atoms with Crippen molar-refractivity contribution >= 4 is 9.84 Å². The van der Waals surface area contributed by atoms with Gasteiger partial charge in [-0.25, -0.2) is 8.42 Å². The van der Waals surface area contributed by atoms with Gasteiger partial charge in [-0.3, -0.25) is 0 Å². The van der Waals surface area contributed by atoms with Gasteiger partial charge in [-0.2, -0.15) is 0 Å². The molecular formula is C17H25NO2S. The monoisotopic (exact) mass is 307 g/mol. The van der Waals surface area contributed by atoms with Crippen LogP contribution < -0.4 is 5.73 Å². The van der Waals surface area contributed by atoms with Gasteiger partial charge in [-0.1, -0.05) is 43.5 Å². The second kappa shape index (κ2) is 5.10. The third-order valence-electron chi connectivity index (χ3n) is 5.21. The lowest BCUT2D eigenvalue weighted by Crippen LogP contribution is -2.38. The van der Waals surface area contributed by atoms with Crippen molar-refractivity contribution in [2.75, 3.05) is 12.0 Å². The molecule has 0 saturated heterocycles. The maximum Gasteiger partial charge on any atom is 0.148 e. The summed E-state index contributed by atoms with van der Waals surface area (Å²) >= 11 is 0. The zero-order chi connectivity index (χ0) is 15.1. The lowest BCUT2D eigenvalue weighted by molar-refractivity contribution is 0.302. The first-order valence-corrected chi connectivity index (χ1v) is 9.97. The molecule has 2 aliphatic rings. The fourth-order valence-corrected chi connectivity index (χ4v) is 5.26. The summed E-state index contributed by atoms with van der Waals surface area (Å²) in [7, 11) is -2.93. The Labute approximate surface area is 127 Å². The number of sulfone groups is 1. The van der Waals surface area contributed by atoms with E-state index in [1.807, 2.05) is 0 Å². The van der Waals surface area contributed by atoms with E-state index < -0.39 is 9.84 Å².